The van der Waals surface area contributed by atoms with Gasteiger partial charge in [0, 0.05) is 38.8 Å². The van der Waals surface area contributed by atoms with Crippen molar-refractivity contribution in [1.29, 1.82) is 0 Å². The number of benzene rings is 1. The third kappa shape index (κ3) is 6.05. The summed E-state index contributed by atoms with van der Waals surface area (Å²) < 4.78 is 12.9. The number of rotatable bonds is 5. The molecule has 2 rings (SSSR count). The number of piperazine rings is 1. The molecule has 5 nitrogen and oxygen atoms in total. The van der Waals surface area contributed by atoms with Gasteiger partial charge in [-0.15, -0.1) is 0 Å². The summed E-state index contributed by atoms with van der Waals surface area (Å²) in [5, 5.41) is 6.81. The van der Waals surface area contributed by atoms with Gasteiger partial charge in [-0.2, -0.15) is 0 Å². The molecule has 0 radical (unpaired) electrons. The maximum atomic E-state index is 12.9. The van der Waals surface area contributed by atoms with Gasteiger partial charge in [0.05, 0.1) is 6.54 Å². The van der Waals surface area contributed by atoms with E-state index in [9.17, 15) is 9.18 Å². The second-order valence-electron chi connectivity index (χ2n) is 6.27. The first kappa shape index (κ1) is 18.6. The Morgan fingerprint density at radius 2 is 1.83 bits per heavy atom. The summed E-state index contributed by atoms with van der Waals surface area (Å²) in [5.74, 6) is -0.172. The second-order valence-corrected chi connectivity index (χ2v) is 6.66. The number of thiocarbonyl (C=S) groups is 1. The fourth-order valence-electron chi connectivity index (χ4n) is 2.57. The van der Waals surface area contributed by atoms with E-state index in [1.165, 1.54) is 12.1 Å². The van der Waals surface area contributed by atoms with Crippen LogP contribution in [0.5, 0.6) is 0 Å². The summed E-state index contributed by atoms with van der Waals surface area (Å²) in [6.07, 6.45) is 0. The molecule has 1 heterocycles. The molecular weight excluding hydrogens is 327 g/mol. The summed E-state index contributed by atoms with van der Waals surface area (Å²) in [4.78, 5) is 16.0. The lowest BCUT2D eigenvalue weighted by Crippen LogP contribution is -2.53. The summed E-state index contributed by atoms with van der Waals surface area (Å²) in [6, 6.07) is 6.55. The number of carbonyl (C=O) groups excluding carboxylic acids is 1. The number of halogens is 1. The number of nitrogens with one attached hydrogen (secondary N) is 2. The van der Waals surface area contributed by atoms with Gasteiger partial charge < -0.3 is 15.5 Å². The summed E-state index contributed by atoms with van der Waals surface area (Å²) >= 11 is 5.43. The first-order chi connectivity index (χ1) is 11.4. The van der Waals surface area contributed by atoms with Gasteiger partial charge in [0.2, 0.25) is 5.91 Å². The molecule has 0 aromatic heterocycles. The molecular formula is C17H25FN4OS. The standard InChI is InChI=1S/C17H25FN4OS/c1-13(2)20-16(23)12-21-7-9-22(10-8-21)17(24)19-11-14-3-5-15(18)6-4-14/h3-6,13H,7-12H2,1-2H3,(H,19,24)(H,20,23). The highest BCUT2D eigenvalue weighted by Crippen LogP contribution is 2.05. The first-order valence-electron chi connectivity index (χ1n) is 8.23. The molecule has 0 unspecified atom stereocenters. The molecule has 1 aliphatic rings. The van der Waals surface area contributed by atoms with Crippen LogP contribution in [0.15, 0.2) is 24.3 Å². The van der Waals surface area contributed by atoms with E-state index in [0.29, 0.717) is 18.2 Å². The average Bonchev–Trinajstić information content (AvgIpc) is 2.54. The Labute approximate surface area is 148 Å². The highest BCUT2D eigenvalue weighted by atomic mass is 32.1. The molecule has 1 aromatic carbocycles. The molecule has 0 aliphatic carbocycles. The molecule has 0 saturated carbocycles. The van der Waals surface area contributed by atoms with Crippen molar-refractivity contribution in [3.63, 3.8) is 0 Å². The zero-order valence-electron chi connectivity index (χ0n) is 14.2. The number of nitrogens with zero attached hydrogens (tertiary/aromatic N) is 2. The fourth-order valence-corrected chi connectivity index (χ4v) is 2.83. The normalized spacial score (nSPS) is 15.4. The van der Waals surface area contributed by atoms with Crippen molar-refractivity contribution in [2.24, 2.45) is 0 Å². The second kappa shape index (κ2) is 8.94. The van der Waals surface area contributed by atoms with Crippen LogP contribution in [0.3, 0.4) is 0 Å². The molecule has 24 heavy (non-hydrogen) atoms. The van der Waals surface area contributed by atoms with Gasteiger partial charge in [-0.3, -0.25) is 9.69 Å². The number of hydrogen-bond acceptors (Lipinski definition) is 3. The van der Waals surface area contributed by atoms with Crippen molar-refractivity contribution in [3.05, 3.63) is 35.6 Å². The van der Waals surface area contributed by atoms with Crippen LogP contribution in [-0.2, 0) is 11.3 Å². The van der Waals surface area contributed by atoms with E-state index in [1.807, 2.05) is 13.8 Å². The van der Waals surface area contributed by atoms with Crippen LogP contribution >= 0.6 is 12.2 Å². The number of hydrogen-bond donors (Lipinski definition) is 2. The van der Waals surface area contributed by atoms with Crippen LogP contribution in [-0.4, -0.2) is 59.6 Å². The molecule has 1 fully saturated rings. The predicted octanol–water partition coefficient (Wildman–Crippen LogP) is 1.34. The van der Waals surface area contributed by atoms with Crippen molar-refractivity contribution >= 4 is 23.2 Å². The van der Waals surface area contributed by atoms with Crippen LogP contribution in [0.25, 0.3) is 0 Å². The minimum Gasteiger partial charge on any atom is -0.358 e. The van der Waals surface area contributed by atoms with E-state index in [-0.39, 0.29) is 17.8 Å². The van der Waals surface area contributed by atoms with Crippen molar-refractivity contribution in [2.45, 2.75) is 26.4 Å². The number of amides is 1. The smallest absolute Gasteiger partial charge is 0.234 e. The zero-order chi connectivity index (χ0) is 17.5. The van der Waals surface area contributed by atoms with Gasteiger partial charge in [0.1, 0.15) is 5.82 Å². The molecule has 1 saturated heterocycles. The highest BCUT2D eigenvalue weighted by molar-refractivity contribution is 7.80. The van der Waals surface area contributed by atoms with Crippen molar-refractivity contribution in [3.8, 4) is 0 Å². The van der Waals surface area contributed by atoms with Gasteiger partial charge in [0.25, 0.3) is 0 Å². The molecule has 1 aromatic rings. The van der Waals surface area contributed by atoms with Gasteiger partial charge in [-0.05, 0) is 43.8 Å². The molecule has 1 amide bonds. The molecule has 132 valence electrons. The Morgan fingerprint density at radius 3 is 2.42 bits per heavy atom. The van der Waals surface area contributed by atoms with E-state index in [1.54, 1.807) is 12.1 Å². The van der Waals surface area contributed by atoms with Gasteiger partial charge in [-0.1, -0.05) is 12.1 Å². The predicted molar refractivity (Wildman–Crippen MR) is 97.1 cm³/mol. The lowest BCUT2D eigenvalue weighted by molar-refractivity contribution is -0.123. The highest BCUT2D eigenvalue weighted by Gasteiger charge is 2.20. The lowest BCUT2D eigenvalue weighted by atomic mass is 10.2. The van der Waals surface area contributed by atoms with E-state index < -0.39 is 0 Å². The largest absolute Gasteiger partial charge is 0.358 e. The molecule has 1 aliphatic heterocycles. The first-order valence-corrected chi connectivity index (χ1v) is 8.64. The number of carbonyl (C=O) groups is 1. The topological polar surface area (TPSA) is 47.6 Å². The summed E-state index contributed by atoms with van der Waals surface area (Å²) in [5.41, 5.74) is 0.989. The Morgan fingerprint density at radius 1 is 1.21 bits per heavy atom. The Kier molecular flexibility index (Phi) is 6.93. The van der Waals surface area contributed by atoms with E-state index in [0.717, 1.165) is 31.7 Å². The van der Waals surface area contributed by atoms with Crippen LogP contribution in [0, 0.1) is 5.82 Å². The Hall–Kier alpha value is -1.73. The van der Waals surface area contributed by atoms with E-state index >= 15 is 0 Å². The van der Waals surface area contributed by atoms with Crippen LogP contribution in [0.4, 0.5) is 4.39 Å². The maximum absolute atomic E-state index is 12.9. The Balaban J connectivity index is 1.70. The lowest BCUT2D eigenvalue weighted by Gasteiger charge is -2.36. The third-order valence-electron chi connectivity index (χ3n) is 3.83. The SMILES string of the molecule is CC(C)NC(=O)CN1CCN(C(=S)NCc2ccc(F)cc2)CC1. The van der Waals surface area contributed by atoms with Crippen molar-refractivity contribution in [1.82, 2.24) is 20.4 Å². The fraction of sp³-hybridized carbons (Fsp3) is 0.529. The Bertz CT molecular complexity index is 556. The van der Waals surface area contributed by atoms with Gasteiger partial charge in [-0.25, -0.2) is 4.39 Å². The van der Waals surface area contributed by atoms with Crippen LogP contribution < -0.4 is 10.6 Å². The zero-order valence-corrected chi connectivity index (χ0v) is 15.0. The van der Waals surface area contributed by atoms with Crippen LogP contribution in [0.2, 0.25) is 0 Å². The van der Waals surface area contributed by atoms with E-state index in [2.05, 4.69) is 20.4 Å². The van der Waals surface area contributed by atoms with Crippen molar-refractivity contribution in [2.75, 3.05) is 32.7 Å². The monoisotopic (exact) mass is 352 g/mol. The minimum atomic E-state index is -0.237. The van der Waals surface area contributed by atoms with Gasteiger partial charge >= 0.3 is 0 Å². The van der Waals surface area contributed by atoms with E-state index in [4.69, 9.17) is 12.2 Å². The minimum absolute atomic E-state index is 0.0652. The maximum Gasteiger partial charge on any atom is 0.234 e. The third-order valence-corrected chi connectivity index (χ3v) is 4.24. The summed E-state index contributed by atoms with van der Waals surface area (Å²) in [7, 11) is 0. The quantitative estimate of drug-likeness (QED) is 0.784. The van der Waals surface area contributed by atoms with Gasteiger partial charge in [0.15, 0.2) is 5.11 Å². The molecule has 2 N–H and O–H groups in total. The summed E-state index contributed by atoms with van der Waals surface area (Å²) in [6.45, 7) is 8.14. The molecule has 0 atom stereocenters. The van der Waals surface area contributed by atoms with Crippen LogP contribution in [0.1, 0.15) is 19.4 Å². The average molecular weight is 352 g/mol. The molecule has 0 spiro atoms. The van der Waals surface area contributed by atoms with Crippen molar-refractivity contribution < 1.29 is 9.18 Å². The molecule has 7 heteroatoms. The molecule has 0 bridgehead atoms.